The summed E-state index contributed by atoms with van der Waals surface area (Å²) in [5.41, 5.74) is 1.28. The molecule has 112 valence electrons. The van der Waals surface area contributed by atoms with Gasteiger partial charge in [0.15, 0.2) is 0 Å². The first-order valence-corrected chi connectivity index (χ1v) is 7.59. The van der Waals surface area contributed by atoms with E-state index in [1.54, 1.807) is 19.1 Å². The van der Waals surface area contributed by atoms with Crippen molar-refractivity contribution in [3.8, 4) is 0 Å². The van der Waals surface area contributed by atoms with Crippen molar-refractivity contribution in [2.75, 3.05) is 23.0 Å². The molecule has 2 N–H and O–H groups in total. The molecule has 6 nitrogen and oxygen atoms in total. The fraction of sp³-hybridized carbons (Fsp3) is 0.357. The van der Waals surface area contributed by atoms with Crippen molar-refractivity contribution in [3.63, 3.8) is 0 Å². The van der Waals surface area contributed by atoms with Gasteiger partial charge >= 0.3 is 5.97 Å². The van der Waals surface area contributed by atoms with E-state index >= 15 is 0 Å². The number of rotatable bonds is 5. The molecule has 7 heteroatoms. The van der Waals surface area contributed by atoms with E-state index in [0.29, 0.717) is 23.7 Å². The van der Waals surface area contributed by atoms with Gasteiger partial charge in [-0.2, -0.15) is 0 Å². The van der Waals surface area contributed by atoms with E-state index < -0.39 is 0 Å². The smallest absolute Gasteiger partial charge is 0.306 e. The molecule has 1 heterocycles. The van der Waals surface area contributed by atoms with E-state index in [2.05, 4.69) is 10.6 Å². The van der Waals surface area contributed by atoms with Crippen molar-refractivity contribution in [3.05, 3.63) is 18.2 Å². The number of carbonyl (C=O) groups is 3. The van der Waals surface area contributed by atoms with Crippen LogP contribution < -0.4 is 10.6 Å². The quantitative estimate of drug-likeness (QED) is 0.813. The standard InChI is InChI=1S/C14H16N2O4S/c1-2-20-14(19)6-5-12(17)15-9-3-4-11-10(7-9)16-13(18)8-21-11/h3-4,7H,2,5-6,8H2,1H3,(H,15,17)(H,16,18). The van der Waals surface area contributed by atoms with Gasteiger partial charge in [0.2, 0.25) is 11.8 Å². The van der Waals surface area contributed by atoms with Crippen LogP contribution >= 0.6 is 11.8 Å². The normalized spacial score (nSPS) is 13.1. The monoisotopic (exact) mass is 308 g/mol. The second-order valence-electron chi connectivity index (χ2n) is 4.40. The summed E-state index contributed by atoms with van der Waals surface area (Å²) in [6, 6.07) is 5.33. The molecule has 1 aliphatic heterocycles. The maximum atomic E-state index is 11.7. The molecule has 1 aromatic rings. The van der Waals surface area contributed by atoms with E-state index in [1.165, 1.54) is 11.8 Å². The van der Waals surface area contributed by atoms with Gasteiger partial charge < -0.3 is 15.4 Å². The maximum absolute atomic E-state index is 11.7. The van der Waals surface area contributed by atoms with Crippen LogP contribution in [0.1, 0.15) is 19.8 Å². The summed E-state index contributed by atoms with van der Waals surface area (Å²) in [4.78, 5) is 35.2. The van der Waals surface area contributed by atoms with E-state index in [4.69, 9.17) is 4.74 Å². The lowest BCUT2D eigenvalue weighted by atomic mass is 10.2. The number of hydrogen-bond donors (Lipinski definition) is 2. The first-order valence-electron chi connectivity index (χ1n) is 6.60. The number of ether oxygens (including phenoxy) is 1. The molecule has 0 unspecified atom stereocenters. The van der Waals surface area contributed by atoms with Crippen LogP contribution in [0.15, 0.2) is 23.1 Å². The molecule has 2 amide bonds. The molecular formula is C14H16N2O4S. The van der Waals surface area contributed by atoms with Crippen molar-refractivity contribution in [1.82, 2.24) is 0 Å². The number of benzene rings is 1. The van der Waals surface area contributed by atoms with Crippen LogP contribution in [0.3, 0.4) is 0 Å². The lowest BCUT2D eigenvalue weighted by Gasteiger charge is -2.17. The predicted octanol–water partition coefficient (Wildman–Crippen LogP) is 2.01. The van der Waals surface area contributed by atoms with Crippen molar-refractivity contribution < 1.29 is 19.1 Å². The summed E-state index contributed by atoms with van der Waals surface area (Å²) in [6.45, 7) is 2.03. The van der Waals surface area contributed by atoms with Gasteiger partial charge in [0.1, 0.15) is 0 Å². The number of esters is 1. The molecule has 0 aromatic heterocycles. The Balaban J connectivity index is 1.91. The predicted molar refractivity (Wildman–Crippen MR) is 80.3 cm³/mol. The highest BCUT2D eigenvalue weighted by atomic mass is 32.2. The lowest BCUT2D eigenvalue weighted by Crippen LogP contribution is -2.19. The van der Waals surface area contributed by atoms with E-state index in [9.17, 15) is 14.4 Å². The van der Waals surface area contributed by atoms with Gasteiger partial charge in [-0.25, -0.2) is 0 Å². The van der Waals surface area contributed by atoms with Gasteiger partial charge in [0, 0.05) is 17.0 Å². The fourth-order valence-corrected chi connectivity index (χ4v) is 2.62. The van der Waals surface area contributed by atoms with Gasteiger partial charge in [0.25, 0.3) is 0 Å². The topological polar surface area (TPSA) is 84.5 Å². The molecule has 0 saturated carbocycles. The van der Waals surface area contributed by atoms with Crippen LogP contribution in [0.5, 0.6) is 0 Å². The SMILES string of the molecule is CCOC(=O)CCC(=O)Nc1ccc2c(c1)NC(=O)CS2. The molecule has 1 aliphatic rings. The van der Waals surface area contributed by atoms with Crippen molar-refractivity contribution in [1.29, 1.82) is 0 Å². The molecule has 21 heavy (non-hydrogen) atoms. The summed E-state index contributed by atoms with van der Waals surface area (Å²) in [5, 5.41) is 5.45. The second-order valence-corrected chi connectivity index (χ2v) is 5.42. The molecule has 0 fully saturated rings. The minimum Gasteiger partial charge on any atom is -0.466 e. The summed E-state index contributed by atoms with van der Waals surface area (Å²) < 4.78 is 4.76. The Hall–Kier alpha value is -2.02. The average molecular weight is 308 g/mol. The van der Waals surface area contributed by atoms with Gasteiger partial charge in [-0.3, -0.25) is 14.4 Å². The Morgan fingerprint density at radius 1 is 1.38 bits per heavy atom. The molecule has 2 rings (SSSR count). The highest BCUT2D eigenvalue weighted by Crippen LogP contribution is 2.33. The van der Waals surface area contributed by atoms with Crippen LogP contribution in [0, 0.1) is 0 Å². The van der Waals surface area contributed by atoms with Crippen molar-refractivity contribution in [2.24, 2.45) is 0 Å². The van der Waals surface area contributed by atoms with E-state index in [0.717, 1.165) is 4.90 Å². The van der Waals surface area contributed by atoms with Crippen LogP contribution in [0.2, 0.25) is 0 Å². The number of amides is 2. The van der Waals surface area contributed by atoms with Gasteiger partial charge in [-0.05, 0) is 25.1 Å². The first kappa shape index (κ1) is 15.4. The third kappa shape index (κ3) is 4.49. The highest BCUT2D eigenvalue weighted by molar-refractivity contribution is 8.00. The van der Waals surface area contributed by atoms with E-state index in [1.807, 2.05) is 6.07 Å². The summed E-state index contributed by atoms with van der Waals surface area (Å²) in [7, 11) is 0. The molecule has 0 radical (unpaired) electrons. The molecule has 0 saturated heterocycles. The minimum atomic E-state index is -0.387. The number of nitrogens with one attached hydrogen (secondary N) is 2. The van der Waals surface area contributed by atoms with Crippen LogP contribution in [-0.4, -0.2) is 30.1 Å². The Kier molecular flexibility index (Phi) is 5.21. The molecule has 0 bridgehead atoms. The zero-order valence-electron chi connectivity index (χ0n) is 11.6. The second kappa shape index (κ2) is 7.12. The van der Waals surface area contributed by atoms with Crippen LogP contribution in [0.4, 0.5) is 11.4 Å². The summed E-state index contributed by atoms with van der Waals surface area (Å²) in [5.74, 6) is -0.309. The minimum absolute atomic E-state index is 0.0528. The third-order valence-corrected chi connectivity index (χ3v) is 3.83. The van der Waals surface area contributed by atoms with Crippen LogP contribution in [0.25, 0.3) is 0 Å². The lowest BCUT2D eigenvalue weighted by molar-refractivity contribution is -0.144. The highest BCUT2D eigenvalue weighted by Gasteiger charge is 2.16. The number of hydrogen-bond acceptors (Lipinski definition) is 5. The van der Waals surface area contributed by atoms with Gasteiger partial charge in [-0.15, -0.1) is 11.8 Å². The largest absolute Gasteiger partial charge is 0.466 e. The van der Waals surface area contributed by atoms with Gasteiger partial charge in [0.05, 0.1) is 24.5 Å². The van der Waals surface area contributed by atoms with Crippen LogP contribution in [-0.2, 0) is 19.1 Å². The van der Waals surface area contributed by atoms with Crippen molar-refractivity contribution >= 4 is 40.9 Å². The Morgan fingerprint density at radius 2 is 2.19 bits per heavy atom. The molecular weight excluding hydrogens is 292 g/mol. The fourth-order valence-electron chi connectivity index (χ4n) is 1.83. The average Bonchev–Trinajstić information content (AvgIpc) is 2.45. The van der Waals surface area contributed by atoms with E-state index in [-0.39, 0.29) is 30.6 Å². The Morgan fingerprint density at radius 3 is 2.95 bits per heavy atom. The third-order valence-electron chi connectivity index (χ3n) is 2.76. The molecule has 1 aromatic carbocycles. The number of thioether (sulfide) groups is 1. The number of anilines is 2. The first-order chi connectivity index (χ1) is 10.1. The number of fused-ring (bicyclic) bond motifs is 1. The number of carbonyl (C=O) groups excluding carboxylic acids is 3. The zero-order valence-corrected chi connectivity index (χ0v) is 12.4. The molecule has 0 aliphatic carbocycles. The summed E-state index contributed by atoms with van der Waals surface area (Å²) in [6.07, 6.45) is 0.119. The zero-order chi connectivity index (χ0) is 15.2. The van der Waals surface area contributed by atoms with Crippen molar-refractivity contribution in [2.45, 2.75) is 24.7 Å². The Bertz CT molecular complexity index is 574. The Labute approximate surface area is 126 Å². The molecule has 0 spiro atoms. The summed E-state index contributed by atoms with van der Waals surface area (Å²) >= 11 is 1.46. The van der Waals surface area contributed by atoms with Gasteiger partial charge in [-0.1, -0.05) is 0 Å². The maximum Gasteiger partial charge on any atom is 0.306 e. The molecule has 0 atom stereocenters.